The van der Waals surface area contributed by atoms with E-state index in [1.54, 1.807) is 43.1 Å². The van der Waals surface area contributed by atoms with Crippen molar-refractivity contribution in [2.75, 3.05) is 25.5 Å². The second-order valence-corrected chi connectivity index (χ2v) is 4.43. The third-order valence-corrected chi connectivity index (χ3v) is 2.54. The Hall–Kier alpha value is -2.37. The maximum atomic E-state index is 11.8. The van der Waals surface area contributed by atoms with Crippen LogP contribution in [-0.4, -0.2) is 30.9 Å². The maximum absolute atomic E-state index is 11.8. The zero-order valence-electron chi connectivity index (χ0n) is 11.1. The van der Waals surface area contributed by atoms with Gasteiger partial charge in [0.25, 0.3) is 0 Å². The average molecular weight is 256 g/mol. The Morgan fingerprint density at radius 3 is 2.74 bits per heavy atom. The Bertz CT molecular complexity index is 527. The zero-order chi connectivity index (χ0) is 14.3. The molecule has 0 saturated carbocycles. The molecule has 0 radical (unpaired) electrons. The Kier molecular flexibility index (Phi) is 5.53. The smallest absolute Gasteiger partial charge is 0.238 e. The number of hydrogen-bond donors (Lipinski definition) is 1. The number of rotatable bonds is 5. The van der Waals surface area contributed by atoms with Crippen LogP contribution in [0.1, 0.15) is 12.5 Å². The number of likely N-dealkylation sites (N-methyl/N-ethyl adjacent to an activating group) is 1. The van der Waals surface area contributed by atoms with Crippen molar-refractivity contribution < 1.29 is 4.79 Å². The summed E-state index contributed by atoms with van der Waals surface area (Å²) in [6.45, 7) is 2.52. The summed E-state index contributed by atoms with van der Waals surface area (Å²) in [6.07, 6.45) is 0. The van der Waals surface area contributed by atoms with Gasteiger partial charge in [-0.05, 0) is 26.1 Å². The van der Waals surface area contributed by atoms with Crippen LogP contribution in [0.4, 0.5) is 5.69 Å². The number of carbonyl (C=O) groups excluding carboxylic acids is 1. The predicted molar refractivity (Wildman–Crippen MR) is 72.1 cm³/mol. The monoisotopic (exact) mass is 256 g/mol. The Morgan fingerprint density at radius 2 is 2.11 bits per heavy atom. The van der Waals surface area contributed by atoms with Crippen molar-refractivity contribution >= 4 is 11.6 Å². The summed E-state index contributed by atoms with van der Waals surface area (Å²) in [5.41, 5.74) is 0.945. The zero-order valence-corrected chi connectivity index (χ0v) is 11.1. The van der Waals surface area contributed by atoms with E-state index in [0.717, 1.165) is 0 Å². The van der Waals surface area contributed by atoms with Gasteiger partial charge in [-0.2, -0.15) is 10.5 Å². The van der Waals surface area contributed by atoms with Crippen molar-refractivity contribution in [3.05, 3.63) is 29.8 Å². The molecule has 1 unspecified atom stereocenters. The molecule has 5 nitrogen and oxygen atoms in total. The molecule has 0 aliphatic rings. The summed E-state index contributed by atoms with van der Waals surface area (Å²) in [6, 6.07) is 11.0. The number of amides is 1. The number of nitrogens with zero attached hydrogens (tertiary/aromatic N) is 3. The molecule has 1 aromatic carbocycles. The molecule has 0 spiro atoms. The third kappa shape index (κ3) is 4.79. The van der Waals surface area contributed by atoms with Gasteiger partial charge in [0.15, 0.2) is 0 Å². The van der Waals surface area contributed by atoms with E-state index < -0.39 is 0 Å². The molecule has 0 aliphatic carbocycles. The quantitative estimate of drug-likeness (QED) is 0.867. The van der Waals surface area contributed by atoms with E-state index in [2.05, 4.69) is 11.4 Å². The standard InChI is InChI=1S/C14H16N4O/c1-11(7-15)9-18(2)10-14(19)17-13-6-4-3-5-12(13)8-16/h3-6,11H,9-10H2,1-2H3,(H,17,19). The van der Waals surface area contributed by atoms with E-state index in [9.17, 15) is 4.79 Å². The minimum atomic E-state index is -0.199. The number of nitrogens with one attached hydrogen (secondary N) is 1. The first-order valence-electron chi connectivity index (χ1n) is 5.94. The lowest BCUT2D eigenvalue weighted by atomic mass is 10.2. The molecule has 0 aromatic heterocycles. The Balaban J connectivity index is 2.57. The molecule has 1 atom stereocenters. The van der Waals surface area contributed by atoms with Gasteiger partial charge in [-0.1, -0.05) is 12.1 Å². The molecule has 1 amide bonds. The van der Waals surface area contributed by atoms with Crippen LogP contribution in [0, 0.1) is 28.6 Å². The van der Waals surface area contributed by atoms with Crippen molar-refractivity contribution in [1.82, 2.24) is 4.90 Å². The third-order valence-electron chi connectivity index (χ3n) is 2.54. The van der Waals surface area contributed by atoms with E-state index in [4.69, 9.17) is 10.5 Å². The summed E-state index contributed by atoms with van der Waals surface area (Å²) >= 11 is 0. The van der Waals surface area contributed by atoms with E-state index in [-0.39, 0.29) is 18.4 Å². The maximum Gasteiger partial charge on any atom is 0.238 e. The fourth-order valence-corrected chi connectivity index (χ4v) is 1.70. The molecule has 0 bridgehead atoms. The number of anilines is 1. The first-order valence-corrected chi connectivity index (χ1v) is 5.94. The number of para-hydroxylation sites is 1. The molecular formula is C14H16N4O. The summed E-state index contributed by atoms with van der Waals surface area (Å²) < 4.78 is 0. The van der Waals surface area contributed by atoms with Gasteiger partial charge in [0.2, 0.25) is 5.91 Å². The highest BCUT2D eigenvalue weighted by Gasteiger charge is 2.11. The number of nitriles is 2. The molecule has 98 valence electrons. The fraction of sp³-hybridized carbons (Fsp3) is 0.357. The van der Waals surface area contributed by atoms with Crippen LogP contribution in [0.5, 0.6) is 0 Å². The van der Waals surface area contributed by atoms with Gasteiger partial charge in [0.05, 0.1) is 29.8 Å². The molecule has 5 heteroatoms. The number of carbonyl (C=O) groups is 1. The SMILES string of the molecule is CC(C#N)CN(C)CC(=O)Nc1ccccc1C#N. The van der Waals surface area contributed by atoms with Crippen LogP contribution < -0.4 is 5.32 Å². The van der Waals surface area contributed by atoms with Gasteiger partial charge < -0.3 is 5.32 Å². The number of hydrogen-bond acceptors (Lipinski definition) is 4. The minimum absolute atomic E-state index is 0.121. The van der Waals surface area contributed by atoms with Gasteiger partial charge in [-0.25, -0.2) is 0 Å². The summed E-state index contributed by atoms with van der Waals surface area (Å²) in [5.74, 6) is -0.320. The van der Waals surface area contributed by atoms with Crippen molar-refractivity contribution in [3.8, 4) is 12.1 Å². The second-order valence-electron chi connectivity index (χ2n) is 4.43. The average Bonchev–Trinajstić information content (AvgIpc) is 2.38. The van der Waals surface area contributed by atoms with E-state index in [1.165, 1.54) is 0 Å². The minimum Gasteiger partial charge on any atom is -0.324 e. The van der Waals surface area contributed by atoms with Crippen molar-refractivity contribution in [1.29, 1.82) is 10.5 Å². The largest absolute Gasteiger partial charge is 0.324 e. The van der Waals surface area contributed by atoms with Crippen LogP contribution in [0.3, 0.4) is 0 Å². The summed E-state index contributed by atoms with van der Waals surface area (Å²) in [7, 11) is 1.78. The molecule has 0 fully saturated rings. The Morgan fingerprint density at radius 1 is 1.42 bits per heavy atom. The molecule has 1 N–H and O–H groups in total. The lowest BCUT2D eigenvalue weighted by Gasteiger charge is -2.17. The van der Waals surface area contributed by atoms with Crippen LogP contribution in [0.2, 0.25) is 0 Å². The fourth-order valence-electron chi connectivity index (χ4n) is 1.70. The van der Waals surface area contributed by atoms with Gasteiger partial charge in [-0.15, -0.1) is 0 Å². The van der Waals surface area contributed by atoms with Gasteiger partial charge in [0, 0.05) is 6.54 Å². The molecule has 1 rings (SSSR count). The van der Waals surface area contributed by atoms with Crippen molar-refractivity contribution in [3.63, 3.8) is 0 Å². The lowest BCUT2D eigenvalue weighted by molar-refractivity contribution is -0.117. The van der Waals surface area contributed by atoms with Gasteiger partial charge >= 0.3 is 0 Å². The highest BCUT2D eigenvalue weighted by Crippen LogP contribution is 2.13. The lowest BCUT2D eigenvalue weighted by Crippen LogP contribution is -2.33. The second kappa shape index (κ2) is 7.15. The normalized spacial score (nSPS) is 11.4. The molecule has 0 aliphatic heterocycles. The van der Waals surface area contributed by atoms with E-state index >= 15 is 0 Å². The predicted octanol–water partition coefficient (Wildman–Crippen LogP) is 1.59. The van der Waals surface area contributed by atoms with Crippen molar-refractivity contribution in [2.45, 2.75) is 6.92 Å². The van der Waals surface area contributed by atoms with Crippen LogP contribution in [0.25, 0.3) is 0 Å². The van der Waals surface area contributed by atoms with Crippen molar-refractivity contribution in [2.24, 2.45) is 5.92 Å². The molecule has 1 aromatic rings. The topological polar surface area (TPSA) is 79.9 Å². The van der Waals surface area contributed by atoms with Crippen LogP contribution >= 0.6 is 0 Å². The van der Waals surface area contributed by atoms with Crippen LogP contribution in [-0.2, 0) is 4.79 Å². The molecule has 19 heavy (non-hydrogen) atoms. The summed E-state index contributed by atoms with van der Waals surface area (Å²) in [4.78, 5) is 13.6. The highest BCUT2D eigenvalue weighted by atomic mass is 16.2. The highest BCUT2D eigenvalue weighted by molar-refractivity contribution is 5.93. The Labute approximate surface area is 113 Å². The van der Waals surface area contributed by atoms with Crippen LogP contribution in [0.15, 0.2) is 24.3 Å². The molecular weight excluding hydrogens is 240 g/mol. The molecule has 0 saturated heterocycles. The number of benzene rings is 1. The van der Waals surface area contributed by atoms with Gasteiger partial charge in [0.1, 0.15) is 6.07 Å². The molecule has 0 heterocycles. The van der Waals surface area contributed by atoms with E-state index in [1.807, 2.05) is 6.07 Å². The summed E-state index contributed by atoms with van der Waals surface area (Å²) in [5, 5.41) is 20.3. The van der Waals surface area contributed by atoms with E-state index in [0.29, 0.717) is 17.8 Å². The van der Waals surface area contributed by atoms with Gasteiger partial charge in [-0.3, -0.25) is 9.69 Å². The first-order chi connectivity index (χ1) is 9.06. The first kappa shape index (κ1) is 14.7.